The number of nitrogens with zero attached hydrogens (tertiary/aromatic N) is 1. The second kappa shape index (κ2) is 4.97. The smallest absolute Gasteiger partial charge is 0.263 e. The fourth-order valence-electron chi connectivity index (χ4n) is 1.95. The van der Waals surface area contributed by atoms with Crippen LogP contribution in [0.25, 0.3) is 10.2 Å². The summed E-state index contributed by atoms with van der Waals surface area (Å²) in [5.74, 6) is 1.33. The summed E-state index contributed by atoms with van der Waals surface area (Å²) in [7, 11) is 0. The van der Waals surface area contributed by atoms with Crippen molar-refractivity contribution in [3.8, 4) is 0 Å². The van der Waals surface area contributed by atoms with Crippen LogP contribution in [0.15, 0.2) is 34.9 Å². The third-order valence-electron chi connectivity index (χ3n) is 2.93. The van der Waals surface area contributed by atoms with Gasteiger partial charge in [0.15, 0.2) is 0 Å². The van der Waals surface area contributed by atoms with Crippen LogP contribution >= 0.6 is 11.3 Å². The molecule has 20 heavy (non-hydrogen) atoms. The molecule has 3 heterocycles. The molecule has 0 saturated carbocycles. The Morgan fingerprint density at radius 2 is 2.30 bits per heavy atom. The number of nitrogens with one attached hydrogen (secondary N) is 1. The normalized spacial score (nSPS) is 10.8. The first-order valence-corrected chi connectivity index (χ1v) is 6.93. The average Bonchev–Trinajstić information content (AvgIpc) is 3.01. The number of carbonyl (C=O) groups is 1. The summed E-state index contributed by atoms with van der Waals surface area (Å²) in [6.45, 7) is 2.20. The Balaban J connectivity index is 1.80. The summed E-state index contributed by atoms with van der Waals surface area (Å²) >= 11 is 1.29. The number of anilines is 1. The predicted molar refractivity (Wildman–Crippen MR) is 78.6 cm³/mol. The zero-order valence-electron chi connectivity index (χ0n) is 10.8. The lowest BCUT2D eigenvalue weighted by Crippen LogP contribution is -2.22. The van der Waals surface area contributed by atoms with E-state index in [9.17, 15) is 4.79 Å². The third kappa shape index (κ3) is 2.25. The number of furan rings is 1. The maximum Gasteiger partial charge on any atom is 0.263 e. The van der Waals surface area contributed by atoms with E-state index in [4.69, 9.17) is 10.2 Å². The molecule has 3 aromatic rings. The average molecular weight is 287 g/mol. The lowest BCUT2D eigenvalue weighted by molar-refractivity contribution is 0.0953. The van der Waals surface area contributed by atoms with Crippen molar-refractivity contribution in [1.29, 1.82) is 0 Å². The third-order valence-corrected chi connectivity index (χ3v) is 4.06. The van der Waals surface area contributed by atoms with Gasteiger partial charge in [-0.05, 0) is 31.2 Å². The van der Waals surface area contributed by atoms with Crippen LogP contribution in [0.5, 0.6) is 0 Å². The number of thiophene rings is 1. The van der Waals surface area contributed by atoms with Crippen LogP contribution < -0.4 is 11.1 Å². The molecule has 0 bridgehead atoms. The number of fused-ring (bicyclic) bond motifs is 1. The van der Waals surface area contributed by atoms with E-state index >= 15 is 0 Å². The number of rotatable bonds is 3. The molecule has 0 aromatic carbocycles. The van der Waals surface area contributed by atoms with Crippen molar-refractivity contribution in [3.05, 3.63) is 46.9 Å². The number of amides is 1. The topological polar surface area (TPSA) is 81.2 Å². The molecule has 0 aliphatic carbocycles. The van der Waals surface area contributed by atoms with Gasteiger partial charge in [0.2, 0.25) is 0 Å². The van der Waals surface area contributed by atoms with Crippen molar-refractivity contribution in [3.63, 3.8) is 0 Å². The molecular formula is C14H13N3O2S. The minimum atomic E-state index is -0.209. The molecule has 0 unspecified atom stereocenters. The lowest BCUT2D eigenvalue weighted by atomic mass is 10.2. The fourth-order valence-corrected chi connectivity index (χ4v) is 2.93. The van der Waals surface area contributed by atoms with E-state index in [1.54, 1.807) is 12.3 Å². The van der Waals surface area contributed by atoms with Crippen molar-refractivity contribution < 1.29 is 9.21 Å². The van der Waals surface area contributed by atoms with E-state index in [0.29, 0.717) is 22.9 Å². The zero-order chi connectivity index (χ0) is 14.1. The summed E-state index contributed by atoms with van der Waals surface area (Å²) < 4.78 is 5.40. The first kappa shape index (κ1) is 12.7. The van der Waals surface area contributed by atoms with Crippen LogP contribution in [0.1, 0.15) is 21.2 Å². The molecule has 0 spiro atoms. The van der Waals surface area contributed by atoms with E-state index in [2.05, 4.69) is 10.3 Å². The van der Waals surface area contributed by atoms with Crippen LogP contribution in [0, 0.1) is 6.92 Å². The number of nitrogen functional groups attached to an aromatic ring is 1. The molecule has 0 radical (unpaired) electrons. The lowest BCUT2D eigenvalue weighted by Gasteiger charge is -2.02. The van der Waals surface area contributed by atoms with Crippen molar-refractivity contribution in [2.24, 2.45) is 0 Å². The number of aromatic nitrogens is 1. The van der Waals surface area contributed by atoms with Gasteiger partial charge in [0, 0.05) is 11.6 Å². The number of nitrogens with two attached hydrogens (primary N) is 1. The first-order chi connectivity index (χ1) is 9.65. The Bertz CT molecular complexity index is 776. The second-order valence-corrected chi connectivity index (χ2v) is 5.40. The van der Waals surface area contributed by atoms with Gasteiger partial charge >= 0.3 is 0 Å². The number of pyridine rings is 1. The highest BCUT2D eigenvalue weighted by atomic mass is 32.1. The predicted octanol–water partition coefficient (Wildman–Crippen LogP) is 2.71. The minimum Gasteiger partial charge on any atom is -0.465 e. The quantitative estimate of drug-likeness (QED) is 0.776. The summed E-state index contributed by atoms with van der Waals surface area (Å²) in [6, 6.07) is 7.37. The van der Waals surface area contributed by atoms with Gasteiger partial charge in [-0.3, -0.25) is 4.79 Å². The van der Waals surface area contributed by atoms with Gasteiger partial charge in [-0.25, -0.2) is 4.98 Å². The molecule has 0 fully saturated rings. The molecule has 0 saturated heterocycles. The molecule has 3 rings (SSSR count). The molecule has 0 aliphatic heterocycles. The second-order valence-electron chi connectivity index (χ2n) is 4.40. The monoisotopic (exact) mass is 287 g/mol. The summed E-state index contributed by atoms with van der Waals surface area (Å²) in [5.41, 5.74) is 6.48. The van der Waals surface area contributed by atoms with E-state index in [0.717, 1.165) is 16.0 Å². The standard InChI is InChI=1S/C14H13N3O2S/c1-8-4-5-9(19-8)7-17-13(18)12-11(15)10-3-2-6-16-14(10)20-12/h2-6H,7,15H2,1H3,(H,17,18). The maximum atomic E-state index is 12.2. The fraction of sp³-hybridized carbons (Fsp3) is 0.143. The van der Waals surface area contributed by atoms with E-state index < -0.39 is 0 Å². The van der Waals surface area contributed by atoms with E-state index in [1.165, 1.54) is 11.3 Å². The van der Waals surface area contributed by atoms with Crippen molar-refractivity contribution in [1.82, 2.24) is 10.3 Å². The summed E-state index contributed by atoms with van der Waals surface area (Å²) in [5, 5.41) is 3.62. The highest BCUT2D eigenvalue weighted by molar-refractivity contribution is 7.21. The van der Waals surface area contributed by atoms with Crippen LogP contribution in [0.2, 0.25) is 0 Å². The Hall–Kier alpha value is -2.34. The molecule has 0 aliphatic rings. The number of hydrogen-bond donors (Lipinski definition) is 2. The first-order valence-electron chi connectivity index (χ1n) is 6.11. The van der Waals surface area contributed by atoms with Gasteiger partial charge in [0.25, 0.3) is 5.91 Å². The molecular weight excluding hydrogens is 274 g/mol. The summed E-state index contributed by atoms with van der Waals surface area (Å²) in [6.07, 6.45) is 1.69. The van der Waals surface area contributed by atoms with E-state index in [-0.39, 0.29) is 5.91 Å². The van der Waals surface area contributed by atoms with Gasteiger partial charge in [0.1, 0.15) is 21.2 Å². The Kier molecular flexibility index (Phi) is 3.15. The van der Waals surface area contributed by atoms with Crippen LogP contribution in [0.4, 0.5) is 5.69 Å². The Morgan fingerprint density at radius 3 is 3.00 bits per heavy atom. The molecule has 5 nitrogen and oxygen atoms in total. The SMILES string of the molecule is Cc1ccc(CNC(=O)c2sc3ncccc3c2N)o1. The molecule has 102 valence electrons. The maximum absolute atomic E-state index is 12.2. The number of hydrogen-bond acceptors (Lipinski definition) is 5. The minimum absolute atomic E-state index is 0.209. The molecule has 1 amide bonds. The molecule has 0 atom stereocenters. The van der Waals surface area contributed by atoms with Gasteiger partial charge < -0.3 is 15.5 Å². The highest BCUT2D eigenvalue weighted by Gasteiger charge is 2.16. The van der Waals surface area contributed by atoms with E-state index in [1.807, 2.05) is 25.1 Å². The summed E-state index contributed by atoms with van der Waals surface area (Å²) in [4.78, 5) is 17.6. The number of aryl methyl sites for hydroxylation is 1. The highest BCUT2D eigenvalue weighted by Crippen LogP contribution is 2.31. The molecule has 3 aromatic heterocycles. The van der Waals surface area contributed by atoms with Crippen molar-refractivity contribution in [2.75, 3.05) is 5.73 Å². The van der Waals surface area contributed by atoms with Gasteiger partial charge in [0.05, 0.1) is 12.2 Å². The van der Waals surface area contributed by atoms with Gasteiger partial charge in [-0.1, -0.05) is 0 Å². The number of carbonyl (C=O) groups excluding carboxylic acids is 1. The van der Waals surface area contributed by atoms with Crippen LogP contribution in [-0.4, -0.2) is 10.9 Å². The zero-order valence-corrected chi connectivity index (χ0v) is 11.7. The van der Waals surface area contributed by atoms with Crippen molar-refractivity contribution >= 4 is 33.1 Å². The Labute approximate surface area is 119 Å². The van der Waals surface area contributed by atoms with Crippen molar-refractivity contribution in [2.45, 2.75) is 13.5 Å². The Morgan fingerprint density at radius 1 is 1.45 bits per heavy atom. The van der Waals surface area contributed by atoms with Crippen LogP contribution in [0.3, 0.4) is 0 Å². The largest absolute Gasteiger partial charge is 0.465 e. The van der Waals surface area contributed by atoms with Gasteiger partial charge in [-0.2, -0.15) is 0 Å². The van der Waals surface area contributed by atoms with Gasteiger partial charge in [-0.15, -0.1) is 11.3 Å². The van der Waals surface area contributed by atoms with Crippen LogP contribution in [-0.2, 0) is 6.54 Å². The molecule has 3 N–H and O–H groups in total. The molecule has 6 heteroatoms.